The maximum Gasteiger partial charge on any atom is 0.167 e. The minimum absolute atomic E-state index is 0.0780. The Morgan fingerprint density at radius 1 is 1.26 bits per heavy atom. The van der Waals surface area contributed by atoms with E-state index in [9.17, 15) is 5.26 Å². The first-order valence-electron chi connectivity index (χ1n) is 6.81. The van der Waals surface area contributed by atoms with Gasteiger partial charge < -0.3 is 10.1 Å². The quantitative estimate of drug-likeness (QED) is 0.816. The highest BCUT2D eigenvalue weighted by Crippen LogP contribution is 2.19. The Balaban J connectivity index is 2.93. The van der Waals surface area contributed by atoms with E-state index in [2.05, 4.69) is 21.6 Å². The Hall–Kier alpha value is -1.67. The molecule has 19 heavy (non-hydrogen) atoms. The maximum atomic E-state index is 9.33. The largest absolute Gasteiger partial charge is 0.377 e. The number of rotatable bonds is 7. The van der Waals surface area contributed by atoms with Gasteiger partial charge in [-0.2, -0.15) is 10.4 Å². The molecule has 0 fully saturated rings. The Morgan fingerprint density at radius 3 is 2.53 bits per heavy atom. The van der Waals surface area contributed by atoms with E-state index in [1.807, 2.05) is 27.7 Å². The molecule has 1 unspecified atom stereocenters. The van der Waals surface area contributed by atoms with Crippen molar-refractivity contribution in [3.63, 3.8) is 0 Å². The lowest BCUT2D eigenvalue weighted by Crippen LogP contribution is -2.21. The molecule has 0 bridgehead atoms. The summed E-state index contributed by atoms with van der Waals surface area (Å²) in [6, 6.07) is 2.24. The number of aryl methyl sites for hydroxylation is 1. The van der Waals surface area contributed by atoms with Crippen molar-refractivity contribution in [1.82, 2.24) is 10.2 Å². The first-order valence-corrected chi connectivity index (χ1v) is 6.81. The van der Waals surface area contributed by atoms with E-state index >= 15 is 0 Å². The third-order valence-electron chi connectivity index (χ3n) is 2.97. The summed E-state index contributed by atoms with van der Waals surface area (Å²) in [5.41, 5.74) is 2.51. The minimum atomic E-state index is 0.0780. The summed E-state index contributed by atoms with van der Waals surface area (Å²) >= 11 is 0. The number of hydrogen-bond donors (Lipinski definition) is 1. The summed E-state index contributed by atoms with van der Waals surface area (Å²) < 4.78 is 5.44. The summed E-state index contributed by atoms with van der Waals surface area (Å²) in [4.78, 5) is 0. The van der Waals surface area contributed by atoms with Crippen LogP contribution < -0.4 is 5.32 Å². The monoisotopic (exact) mass is 262 g/mol. The van der Waals surface area contributed by atoms with Crippen LogP contribution in [-0.2, 0) is 17.6 Å². The first-order chi connectivity index (χ1) is 9.17. The van der Waals surface area contributed by atoms with Crippen LogP contribution >= 0.6 is 0 Å². The third-order valence-corrected chi connectivity index (χ3v) is 2.97. The fraction of sp³-hybridized carbons (Fsp3) is 0.643. The van der Waals surface area contributed by atoms with Crippen molar-refractivity contribution in [2.24, 2.45) is 0 Å². The molecular weight excluding hydrogens is 240 g/mol. The van der Waals surface area contributed by atoms with Gasteiger partial charge in [-0.25, -0.2) is 0 Å². The van der Waals surface area contributed by atoms with E-state index in [-0.39, 0.29) is 6.10 Å². The van der Waals surface area contributed by atoms with Crippen molar-refractivity contribution in [1.29, 1.82) is 5.26 Å². The average molecular weight is 262 g/mol. The van der Waals surface area contributed by atoms with Gasteiger partial charge in [0.1, 0.15) is 11.6 Å². The Labute approximate surface area is 115 Å². The molecule has 104 valence electrons. The first kappa shape index (κ1) is 15.4. The van der Waals surface area contributed by atoms with Crippen LogP contribution in [0.2, 0.25) is 0 Å². The maximum absolute atomic E-state index is 9.33. The molecule has 0 amide bonds. The third kappa shape index (κ3) is 3.90. The predicted molar refractivity (Wildman–Crippen MR) is 75.1 cm³/mol. The zero-order valence-corrected chi connectivity index (χ0v) is 12.2. The van der Waals surface area contributed by atoms with Gasteiger partial charge in [-0.1, -0.05) is 13.8 Å². The molecule has 5 heteroatoms. The molecule has 0 aliphatic heterocycles. The van der Waals surface area contributed by atoms with Crippen molar-refractivity contribution in [3.05, 3.63) is 16.8 Å². The molecule has 0 saturated carbocycles. The standard InChI is InChI=1S/C14H22N4O/c1-5-11-12(8-15)14(18-17-13(11)6-2)16-9-10(4)19-7-3/h10H,5-7,9H2,1-4H3,(H,16,18). The van der Waals surface area contributed by atoms with Gasteiger partial charge in [-0.3, -0.25) is 0 Å². The zero-order chi connectivity index (χ0) is 14.3. The highest BCUT2D eigenvalue weighted by atomic mass is 16.5. The van der Waals surface area contributed by atoms with Gasteiger partial charge in [-0.05, 0) is 32.3 Å². The SMILES string of the molecule is CCOC(C)CNc1nnc(CC)c(CC)c1C#N. The van der Waals surface area contributed by atoms with Crippen LogP contribution in [0, 0.1) is 11.3 Å². The minimum Gasteiger partial charge on any atom is -0.377 e. The second kappa shape index (κ2) is 7.70. The van der Waals surface area contributed by atoms with Crippen molar-refractivity contribution in [3.8, 4) is 6.07 Å². The Bertz CT molecular complexity index is 453. The lowest BCUT2D eigenvalue weighted by Gasteiger charge is -2.15. The molecule has 0 aliphatic carbocycles. The van der Waals surface area contributed by atoms with Crippen LogP contribution in [0.3, 0.4) is 0 Å². The van der Waals surface area contributed by atoms with Gasteiger partial charge in [0.15, 0.2) is 5.82 Å². The number of nitrogens with zero attached hydrogens (tertiary/aromatic N) is 3. The van der Waals surface area contributed by atoms with Crippen molar-refractivity contribution in [2.45, 2.75) is 46.6 Å². The van der Waals surface area contributed by atoms with Crippen molar-refractivity contribution >= 4 is 5.82 Å². The fourth-order valence-electron chi connectivity index (χ4n) is 2.00. The van der Waals surface area contributed by atoms with Gasteiger partial charge in [0, 0.05) is 13.2 Å². The zero-order valence-electron chi connectivity index (χ0n) is 12.2. The van der Waals surface area contributed by atoms with E-state index in [0.717, 1.165) is 24.1 Å². The van der Waals surface area contributed by atoms with Gasteiger partial charge in [0.2, 0.25) is 0 Å². The van der Waals surface area contributed by atoms with Crippen LogP contribution in [0.1, 0.15) is 44.5 Å². The number of anilines is 1. The lowest BCUT2D eigenvalue weighted by molar-refractivity contribution is 0.0854. The molecule has 1 rings (SSSR count). The summed E-state index contributed by atoms with van der Waals surface area (Å²) in [6.45, 7) is 9.29. The second-order valence-electron chi connectivity index (χ2n) is 4.31. The molecule has 0 radical (unpaired) electrons. The topological polar surface area (TPSA) is 70.8 Å². The summed E-state index contributed by atoms with van der Waals surface area (Å²) in [7, 11) is 0. The van der Waals surface area contributed by atoms with E-state index in [0.29, 0.717) is 24.5 Å². The summed E-state index contributed by atoms with van der Waals surface area (Å²) in [6.07, 6.45) is 1.66. The second-order valence-corrected chi connectivity index (χ2v) is 4.31. The molecule has 1 aromatic heterocycles. The highest BCUT2D eigenvalue weighted by Gasteiger charge is 2.14. The van der Waals surface area contributed by atoms with Crippen LogP contribution in [0.15, 0.2) is 0 Å². The molecule has 0 aliphatic rings. The number of ether oxygens (including phenoxy) is 1. The normalized spacial score (nSPS) is 11.9. The molecule has 1 atom stereocenters. The molecule has 1 aromatic rings. The van der Waals surface area contributed by atoms with Crippen LogP contribution in [-0.4, -0.2) is 29.5 Å². The van der Waals surface area contributed by atoms with Crippen molar-refractivity contribution in [2.75, 3.05) is 18.5 Å². The van der Waals surface area contributed by atoms with E-state index in [4.69, 9.17) is 4.74 Å². The van der Waals surface area contributed by atoms with Crippen LogP contribution in [0.5, 0.6) is 0 Å². The Kier molecular flexibility index (Phi) is 6.23. The van der Waals surface area contributed by atoms with E-state index < -0.39 is 0 Å². The number of nitriles is 1. The van der Waals surface area contributed by atoms with Gasteiger partial charge >= 0.3 is 0 Å². The highest BCUT2D eigenvalue weighted by molar-refractivity contribution is 5.56. The Morgan fingerprint density at radius 2 is 2.00 bits per heavy atom. The van der Waals surface area contributed by atoms with Crippen LogP contribution in [0.4, 0.5) is 5.82 Å². The molecule has 1 heterocycles. The molecule has 0 spiro atoms. The predicted octanol–water partition coefficient (Wildman–Crippen LogP) is 2.31. The van der Waals surface area contributed by atoms with Crippen molar-refractivity contribution < 1.29 is 4.74 Å². The molecular formula is C14H22N4O. The molecule has 0 saturated heterocycles. The van der Waals surface area contributed by atoms with Gasteiger partial charge in [0.05, 0.1) is 11.8 Å². The fourth-order valence-corrected chi connectivity index (χ4v) is 2.00. The lowest BCUT2D eigenvalue weighted by atomic mass is 10.0. The number of nitrogens with one attached hydrogen (secondary N) is 1. The van der Waals surface area contributed by atoms with E-state index in [1.165, 1.54) is 0 Å². The number of hydrogen-bond acceptors (Lipinski definition) is 5. The molecule has 0 aromatic carbocycles. The van der Waals surface area contributed by atoms with Gasteiger partial charge in [-0.15, -0.1) is 5.10 Å². The van der Waals surface area contributed by atoms with Crippen LogP contribution in [0.25, 0.3) is 0 Å². The number of aromatic nitrogens is 2. The van der Waals surface area contributed by atoms with Gasteiger partial charge in [0.25, 0.3) is 0 Å². The molecule has 5 nitrogen and oxygen atoms in total. The van der Waals surface area contributed by atoms with E-state index in [1.54, 1.807) is 0 Å². The smallest absolute Gasteiger partial charge is 0.167 e. The molecule has 1 N–H and O–H groups in total. The summed E-state index contributed by atoms with van der Waals surface area (Å²) in [5, 5.41) is 20.8. The summed E-state index contributed by atoms with van der Waals surface area (Å²) in [5.74, 6) is 0.558. The average Bonchev–Trinajstić information content (AvgIpc) is 2.43.